The fourth-order valence-electron chi connectivity index (χ4n) is 4.09. The van der Waals surface area contributed by atoms with Gasteiger partial charge in [-0.15, -0.1) is 0 Å². The van der Waals surface area contributed by atoms with E-state index in [0.717, 1.165) is 13.0 Å². The fraction of sp³-hybridized carbons (Fsp3) is 0.579. The number of hydrogen-bond acceptors (Lipinski definition) is 5. The summed E-state index contributed by atoms with van der Waals surface area (Å²) in [5, 5.41) is 0.590. The van der Waals surface area contributed by atoms with Crippen molar-refractivity contribution in [1.29, 1.82) is 0 Å². The van der Waals surface area contributed by atoms with Crippen LogP contribution < -0.4 is 15.0 Å². The summed E-state index contributed by atoms with van der Waals surface area (Å²) >= 11 is 5.43. The first-order valence-corrected chi connectivity index (χ1v) is 9.88. The average molecular weight is 375 g/mol. The highest BCUT2D eigenvalue weighted by Crippen LogP contribution is 2.34. The van der Waals surface area contributed by atoms with Crippen molar-refractivity contribution in [3.8, 4) is 11.5 Å². The number of hydrogen-bond donors (Lipinski definition) is 1. The highest BCUT2D eigenvalue weighted by molar-refractivity contribution is 7.71. The maximum absolute atomic E-state index is 12.9. The zero-order chi connectivity index (χ0) is 18.1. The number of rotatable bonds is 5. The Hall–Kier alpha value is -1.86. The van der Waals surface area contributed by atoms with Gasteiger partial charge in [-0.1, -0.05) is 13.3 Å². The Bertz CT molecular complexity index is 921. The Labute approximate surface area is 157 Å². The summed E-state index contributed by atoms with van der Waals surface area (Å²) in [6.07, 6.45) is 6.02. The molecule has 4 rings (SSSR count). The summed E-state index contributed by atoms with van der Waals surface area (Å²) in [5.74, 6) is 1.27. The zero-order valence-electron chi connectivity index (χ0n) is 15.1. The molecule has 6 nitrogen and oxygen atoms in total. The van der Waals surface area contributed by atoms with E-state index in [1.54, 1.807) is 16.7 Å². The Kier molecular flexibility index (Phi) is 5.00. The maximum Gasteiger partial charge on any atom is 0.262 e. The maximum atomic E-state index is 12.9. The first-order chi connectivity index (χ1) is 12.7. The van der Waals surface area contributed by atoms with E-state index in [-0.39, 0.29) is 12.4 Å². The molecule has 2 aliphatic rings. The van der Waals surface area contributed by atoms with Crippen LogP contribution in [-0.4, -0.2) is 40.4 Å². The van der Waals surface area contributed by atoms with Crippen molar-refractivity contribution < 1.29 is 9.47 Å². The van der Waals surface area contributed by atoms with Crippen LogP contribution in [0.1, 0.15) is 39.0 Å². The second kappa shape index (κ2) is 7.40. The van der Waals surface area contributed by atoms with Gasteiger partial charge in [0.25, 0.3) is 5.56 Å². The molecule has 0 radical (unpaired) electrons. The van der Waals surface area contributed by atoms with Gasteiger partial charge in [-0.05, 0) is 50.5 Å². The van der Waals surface area contributed by atoms with Gasteiger partial charge in [0.2, 0.25) is 6.79 Å². The minimum atomic E-state index is -0.0623. The quantitative estimate of drug-likeness (QED) is 0.811. The van der Waals surface area contributed by atoms with Crippen LogP contribution in [0.15, 0.2) is 16.9 Å². The third kappa shape index (κ3) is 3.25. The lowest BCUT2D eigenvalue weighted by Gasteiger charge is -2.35. The highest BCUT2D eigenvalue weighted by atomic mass is 32.1. The van der Waals surface area contributed by atoms with Crippen molar-refractivity contribution in [1.82, 2.24) is 14.5 Å². The second-order valence-corrected chi connectivity index (χ2v) is 7.47. The van der Waals surface area contributed by atoms with Gasteiger partial charge in [0, 0.05) is 25.2 Å². The summed E-state index contributed by atoms with van der Waals surface area (Å²) in [5.41, 5.74) is 0.635. The van der Waals surface area contributed by atoms with Gasteiger partial charge >= 0.3 is 0 Å². The number of aromatic amines is 1. The molecule has 7 heteroatoms. The molecule has 2 aliphatic heterocycles. The van der Waals surface area contributed by atoms with Crippen molar-refractivity contribution in [2.45, 2.75) is 51.6 Å². The van der Waals surface area contributed by atoms with Gasteiger partial charge in [-0.2, -0.15) is 0 Å². The number of piperidine rings is 1. The van der Waals surface area contributed by atoms with Crippen LogP contribution in [0.5, 0.6) is 11.5 Å². The van der Waals surface area contributed by atoms with E-state index in [4.69, 9.17) is 21.7 Å². The molecule has 0 unspecified atom stereocenters. The van der Waals surface area contributed by atoms with E-state index in [9.17, 15) is 4.79 Å². The SMILES string of the molecule is CC[C@@H]1CCCCN1CCCn1c(=S)[nH]c2cc3c(cc2c1=O)OCO3. The van der Waals surface area contributed by atoms with E-state index in [0.29, 0.717) is 39.8 Å². The van der Waals surface area contributed by atoms with Crippen molar-refractivity contribution >= 4 is 23.1 Å². The van der Waals surface area contributed by atoms with Gasteiger partial charge in [0.05, 0.1) is 10.9 Å². The molecule has 1 atom stereocenters. The fourth-order valence-corrected chi connectivity index (χ4v) is 4.38. The molecule has 3 heterocycles. The van der Waals surface area contributed by atoms with Crippen molar-refractivity contribution in [2.75, 3.05) is 19.9 Å². The molecule has 0 saturated carbocycles. The zero-order valence-corrected chi connectivity index (χ0v) is 15.9. The summed E-state index contributed by atoms with van der Waals surface area (Å²) in [4.78, 5) is 18.7. The lowest BCUT2D eigenvalue weighted by Crippen LogP contribution is -2.40. The number of aromatic nitrogens is 2. The van der Waals surface area contributed by atoms with Crippen LogP contribution in [-0.2, 0) is 6.54 Å². The van der Waals surface area contributed by atoms with E-state index in [1.165, 1.54) is 32.2 Å². The van der Waals surface area contributed by atoms with Crippen LogP contribution in [0.25, 0.3) is 10.9 Å². The van der Waals surface area contributed by atoms with E-state index in [1.807, 2.05) is 0 Å². The summed E-state index contributed by atoms with van der Waals surface area (Å²) in [6, 6.07) is 4.23. The van der Waals surface area contributed by atoms with Crippen molar-refractivity contribution in [3.05, 3.63) is 27.3 Å². The smallest absolute Gasteiger partial charge is 0.262 e. The summed E-state index contributed by atoms with van der Waals surface area (Å²) < 4.78 is 12.9. The van der Waals surface area contributed by atoms with Crippen LogP contribution in [0.4, 0.5) is 0 Å². The van der Waals surface area contributed by atoms with Crippen LogP contribution in [0, 0.1) is 4.77 Å². The number of ether oxygens (including phenoxy) is 2. The Morgan fingerprint density at radius 1 is 1.23 bits per heavy atom. The number of fused-ring (bicyclic) bond motifs is 2. The van der Waals surface area contributed by atoms with Gasteiger partial charge in [-0.25, -0.2) is 0 Å². The monoisotopic (exact) mass is 375 g/mol. The molecule has 1 N–H and O–H groups in total. The number of H-pyrrole nitrogens is 1. The minimum Gasteiger partial charge on any atom is -0.454 e. The molecule has 2 aromatic rings. The number of benzene rings is 1. The molecule has 0 spiro atoms. The lowest BCUT2D eigenvalue weighted by molar-refractivity contribution is 0.140. The normalized spacial score (nSPS) is 20.0. The minimum absolute atomic E-state index is 0.0623. The van der Waals surface area contributed by atoms with Crippen LogP contribution >= 0.6 is 12.2 Å². The van der Waals surface area contributed by atoms with E-state index >= 15 is 0 Å². The second-order valence-electron chi connectivity index (χ2n) is 7.09. The van der Waals surface area contributed by atoms with Gasteiger partial charge in [0.15, 0.2) is 16.3 Å². The molecule has 0 aliphatic carbocycles. The van der Waals surface area contributed by atoms with Crippen molar-refractivity contribution in [2.24, 2.45) is 0 Å². The summed E-state index contributed by atoms with van der Waals surface area (Å²) in [6.45, 7) is 5.26. The Morgan fingerprint density at radius 3 is 2.85 bits per heavy atom. The highest BCUT2D eigenvalue weighted by Gasteiger charge is 2.20. The van der Waals surface area contributed by atoms with Gasteiger partial charge in [-0.3, -0.25) is 9.36 Å². The molecule has 1 aromatic heterocycles. The molecule has 1 aromatic carbocycles. The Morgan fingerprint density at radius 2 is 2.04 bits per heavy atom. The predicted octanol–water partition coefficient (Wildman–Crippen LogP) is 3.44. The molecule has 0 bridgehead atoms. The van der Waals surface area contributed by atoms with E-state index in [2.05, 4.69) is 16.8 Å². The molecule has 140 valence electrons. The molecule has 26 heavy (non-hydrogen) atoms. The van der Waals surface area contributed by atoms with Gasteiger partial charge < -0.3 is 19.4 Å². The standard InChI is InChI=1S/C19H25N3O3S/c1-2-13-6-3-4-7-21(13)8-5-9-22-18(23)14-10-16-17(25-12-24-16)11-15(14)20-19(22)26/h10-11,13H,2-9,12H2,1H3,(H,20,26)/t13-/m1/s1. The first-order valence-electron chi connectivity index (χ1n) is 9.48. The molecule has 0 amide bonds. The first kappa shape index (κ1) is 17.5. The molecule has 1 saturated heterocycles. The molecular formula is C19H25N3O3S. The average Bonchev–Trinajstić information content (AvgIpc) is 3.10. The number of nitrogens with zero attached hydrogens (tertiary/aromatic N) is 2. The lowest BCUT2D eigenvalue weighted by atomic mass is 10.00. The topological polar surface area (TPSA) is 59.5 Å². The summed E-state index contributed by atoms with van der Waals surface area (Å²) in [7, 11) is 0. The molecule has 1 fully saturated rings. The van der Waals surface area contributed by atoms with Crippen LogP contribution in [0.3, 0.4) is 0 Å². The van der Waals surface area contributed by atoms with E-state index < -0.39 is 0 Å². The predicted molar refractivity (Wildman–Crippen MR) is 104 cm³/mol. The van der Waals surface area contributed by atoms with Crippen molar-refractivity contribution in [3.63, 3.8) is 0 Å². The molecular weight excluding hydrogens is 350 g/mol. The van der Waals surface area contributed by atoms with Crippen LogP contribution in [0.2, 0.25) is 0 Å². The third-order valence-corrected chi connectivity index (χ3v) is 5.84. The van der Waals surface area contributed by atoms with Gasteiger partial charge in [0.1, 0.15) is 0 Å². The number of nitrogens with one attached hydrogen (secondary N) is 1. The Balaban J connectivity index is 1.54. The largest absolute Gasteiger partial charge is 0.454 e. The third-order valence-electron chi connectivity index (χ3n) is 5.52. The number of likely N-dealkylation sites (tertiary alicyclic amines) is 1.